The number of carbonyl (C=O) groups excluding carboxylic acids is 1. The first-order valence-corrected chi connectivity index (χ1v) is 7.93. The van der Waals surface area contributed by atoms with Gasteiger partial charge in [0.15, 0.2) is 0 Å². The summed E-state index contributed by atoms with van der Waals surface area (Å²) in [4.78, 5) is 13.2. The SMILES string of the molecule is [2H]C1CCN(S(=O)(=O)N2CCCN(C(=O)C=C)CC2)C1. The van der Waals surface area contributed by atoms with Crippen molar-refractivity contribution >= 4 is 16.1 Å². The Morgan fingerprint density at radius 3 is 2.37 bits per heavy atom. The average molecular weight is 288 g/mol. The van der Waals surface area contributed by atoms with Crippen LogP contribution in [0, 0.1) is 0 Å². The Bertz CT molecular complexity index is 482. The fourth-order valence-electron chi connectivity index (χ4n) is 2.41. The molecule has 0 aromatic heterocycles. The molecule has 2 aliphatic heterocycles. The second-order valence-electron chi connectivity index (χ2n) is 4.73. The molecular formula is C12H21N3O3S. The molecule has 2 saturated heterocycles. The van der Waals surface area contributed by atoms with Crippen LogP contribution in [0.1, 0.15) is 20.6 Å². The number of rotatable bonds is 3. The number of nitrogens with zero attached hydrogens (tertiary/aromatic N) is 3. The lowest BCUT2D eigenvalue weighted by Crippen LogP contribution is -2.44. The zero-order valence-corrected chi connectivity index (χ0v) is 11.8. The van der Waals surface area contributed by atoms with Gasteiger partial charge in [-0.25, -0.2) is 0 Å². The van der Waals surface area contributed by atoms with Gasteiger partial charge in [0, 0.05) is 40.6 Å². The summed E-state index contributed by atoms with van der Waals surface area (Å²) >= 11 is 0. The number of hydrogen-bond donors (Lipinski definition) is 0. The maximum Gasteiger partial charge on any atom is 0.282 e. The molecule has 0 N–H and O–H groups in total. The van der Waals surface area contributed by atoms with Crippen LogP contribution in [0.2, 0.25) is 0 Å². The van der Waals surface area contributed by atoms with E-state index in [4.69, 9.17) is 1.37 Å². The molecule has 7 heteroatoms. The molecule has 0 radical (unpaired) electrons. The van der Waals surface area contributed by atoms with Gasteiger partial charge in [-0.15, -0.1) is 0 Å². The van der Waals surface area contributed by atoms with Crippen LogP contribution in [0.25, 0.3) is 0 Å². The van der Waals surface area contributed by atoms with Crippen molar-refractivity contribution in [3.05, 3.63) is 12.7 Å². The number of hydrogen-bond acceptors (Lipinski definition) is 3. The highest BCUT2D eigenvalue weighted by molar-refractivity contribution is 7.86. The molecule has 19 heavy (non-hydrogen) atoms. The zero-order chi connectivity index (χ0) is 14.8. The first-order chi connectivity index (χ1) is 9.45. The number of amides is 1. The van der Waals surface area contributed by atoms with E-state index in [0.29, 0.717) is 45.6 Å². The summed E-state index contributed by atoms with van der Waals surface area (Å²) in [6.07, 6.45) is 2.15. The third-order valence-electron chi connectivity index (χ3n) is 3.51. The fraction of sp³-hybridized carbons (Fsp3) is 0.750. The smallest absolute Gasteiger partial charge is 0.282 e. The first-order valence-electron chi connectivity index (χ1n) is 7.11. The van der Waals surface area contributed by atoms with E-state index in [1.807, 2.05) is 0 Å². The highest BCUT2D eigenvalue weighted by Crippen LogP contribution is 2.18. The van der Waals surface area contributed by atoms with Gasteiger partial charge in [-0.2, -0.15) is 17.0 Å². The number of carbonyl (C=O) groups is 1. The van der Waals surface area contributed by atoms with E-state index >= 15 is 0 Å². The lowest BCUT2D eigenvalue weighted by Gasteiger charge is -2.26. The van der Waals surface area contributed by atoms with Gasteiger partial charge in [-0.3, -0.25) is 4.79 Å². The van der Waals surface area contributed by atoms with Gasteiger partial charge < -0.3 is 4.90 Å². The monoisotopic (exact) mass is 288 g/mol. The molecule has 2 rings (SSSR count). The molecule has 0 aromatic rings. The van der Waals surface area contributed by atoms with Gasteiger partial charge in [-0.05, 0) is 25.3 Å². The van der Waals surface area contributed by atoms with Crippen molar-refractivity contribution in [3.63, 3.8) is 0 Å². The Morgan fingerprint density at radius 1 is 1.05 bits per heavy atom. The van der Waals surface area contributed by atoms with Crippen molar-refractivity contribution in [1.82, 2.24) is 13.5 Å². The van der Waals surface area contributed by atoms with Crippen molar-refractivity contribution in [2.45, 2.75) is 19.2 Å². The topological polar surface area (TPSA) is 60.9 Å². The van der Waals surface area contributed by atoms with E-state index in [9.17, 15) is 13.2 Å². The molecule has 2 heterocycles. The summed E-state index contributed by atoms with van der Waals surface area (Å²) in [6.45, 7) is 5.81. The van der Waals surface area contributed by atoms with Crippen molar-refractivity contribution in [2.24, 2.45) is 0 Å². The van der Waals surface area contributed by atoms with Gasteiger partial charge in [-0.1, -0.05) is 6.58 Å². The normalized spacial score (nSPS) is 27.9. The van der Waals surface area contributed by atoms with Crippen LogP contribution < -0.4 is 0 Å². The van der Waals surface area contributed by atoms with Crippen LogP contribution >= 0.6 is 0 Å². The van der Waals surface area contributed by atoms with E-state index < -0.39 is 10.2 Å². The van der Waals surface area contributed by atoms with Gasteiger partial charge in [0.1, 0.15) is 0 Å². The minimum absolute atomic E-state index is 0.156. The standard InChI is InChI=1S/C12H21N3O3S/c1-2-12(16)13-6-5-9-15(11-10-13)19(17,18)14-7-3-4-8-14/h2H,1,3-11H2/i3D. The highest BCUT2D eigenvalue weighted by atomic mass is 32.2. The van der Waals surface area contributed by atoms with Crippen LogP contribution in [0.3, 0.4) is 0 Å². The molecule has 0 saturated carbocycles. The van der Waals surface area contributed by atoms with Gasteiger partial charge >= 0.3 is 0 Å². The predicted molar refractivity (Wildman–Crippen MR) is 72.7 cm³/mol. The van der Waals surface area contributed by atoms with Gasteiger partial charge in [0.25, 0.3) is 10.2 Å². The van der Waals surface area contributed by atoms with Crippen molar-refractivity contribution in [1.29, 1.82) is 0 Å². The summed E-state index contributed by atoms with van der Waals surface area (Å²) in [6, 6.07) is 0. The third-order valence-corrected chi connectivity index (χ3v) is 5.51. The molecule has 1 amide bonds. The first kappa shape index (κ1) is 13.1. The van der Waals surface area contributed by atoms with Crippen LogP contribution in [-0.2, 0) is 15.0 Å². The molecule has 0 aromatic carbocycles. The molecule has 1 atom stereocenters. The lowest BCUT2D eigenvalue weighted by atomic mass is 10.4. The maximum atomic E-state index is 12.5. The van der Waals surface area contributed by atoms with Crippen LogP contribution in [-0.4, -0.2) is 67.1 Å². The van der Waals surface area contributed by atoms with E-state index in [2.05, 4.69) is 6.58 Å². The summed E-state index contributed by atoms with van der Waals surface area (Å²) in [5.41, 5.74) is 0. The Hall–Kier alpha value is -0.920. The molecule has 6 nitrogen and oxygen atoms in total. The van der Waals surface area contributed by atoms with Gasteiger partial charge in [0.05, 0.1) is 0 Å². The quantitative estimate of drug-likeness (QED) is 0.689. The molecule has 0 aliphatic carbocycles. The second-order valence-corrected chi connectivity index (χ2v) is 6.65. The van der Waals surface area contributed by atoms with E-state index in [0.717, 1.165) is 0 Å². The Morgan fingerprint density at radius 2 is 1.74 bits per heavy atom. The van der Waals surface area contributed by atoms with Crippen LogP contribution in [0.15, 0.2) is 12.7 Å². The van der Waals surface area contributed by atoms with Gasteiger partial charge in [0.2, 0.25) is 5.91 Å². The Labute approximate surface area is 116 Å². The minimum atomic E-state index is -3.49. The molecule has 2 fully saturated rings. The lowest BCUT2D eigenvalue weighted by molar-refractivity contribution is -0.125. The third kappa shape index (κ3) is 3.16. The maximum absolute atomic E-state index is 12.5. The minimum Gasteiger partial charge on any atom is -0.338 e. The summed E-state index contributed by atoms with van der Waals surface area (Å²) in [5, 5.41) is 0. The van der Waals surface area contributed by atoms with Crippen molar-refractivity contribution in [3.8, 4) is 0 Å². The van der Waals surface area contributed by atoms with E-state index in [1.165, 1.54) is 14.7 Å². The largest absolute Gasteiger partial charge is 0.338 e. The van der Waals surface area contributed by atoms with E-state index in [-0.39, 0.29) is 18.8 Å². The summed E-state index contributed by atoms with van der Waals surface area (Å²) < 4.78 is 35.4. The Kier molecular flexibility index (Phi) is 4.15. The second kappa shape index (κ2) is 6.02. The fourth-order valence-corrected chi connectivity index (χ4v) is 4.04. The van der Waals surface area contributed by atoms with Crippen LogP contribution in [0.4, 0.5) is 0 Å². The predicted octanol–water partition coefficient (Wildman–Crippen LogP) is 0.0473. The molecular weight excluding hydrogens is 266 g/mol. The summed E-state index contributed by atoms with van der Waals surface area (Å²) in [5.74, 6) is -0.156. The molecule has 108 valence electrons. The molecule has 0 spiro atoms. The molecule has 1 unspecified atom stereocenters. The van der Waals surface area contributed by atoms with Crippen molar-refractivity contribution < 1.29 is 14.6 Å². The summed E-state index contributed by atoms with van der Waals surface area (Å²) in [7, 11) is -3.49. The average Bonchev–Trinajstić information content (AvgIpc) is 2.72. The van der Waals surface area contributed by atoms with Crippen molar-refractivity contribution in [2.75, 3.05) is 39.3 Å². The Balaban J connectivity index is 2.02. The van der Waals surface area contributed by atoms with Crippen LogP contribution in [0.5, 0.6) is 0 Å². The zero-order valence-electron chi connectivity index (χ0n) is 12.0. The molecule has 2 aliphatic rings. The molecule has 0 bridgehead atoms. The van der Waals surface area contributed by atoms with E-state index in [1.54, 1.807) is 4.90 Å². The highest BCUT2D eigenvalue weighted by Gasteiger charge is 2.32.